The molecular formula is C14H9ClF3NO2. The highest BCUT2D eigenvalue weighted by Crippen LogP contribution is 2.33. The number of alkyl halides is 3. The largest absolute Gasteiger partial charge is 0.464 e. The van der Waals surface area contributed by atoms with E-state index < -0.39 is 17.7 Å². The van der Waals surface area contributed by atoms with Crippen molar-refractivity contribution in [3.8, 4) is 11.3 Å². The molecule has 2 rings (SSSR count). The Bertz CT molecular complexity index is 686. The second-order valence-electron chi connectivity index (χ2n) is 4.10. The highest BCUT2D eigenvalue weighted by molar-refractivity contribution is 6.33. The van der Waals surface area contributed by atoms with E-state index in [1.807, 2.05) is 0 Å². The van der Waals surface area contributed by atoms with Crippen LogP contribution in [0, 0.1) is 0 Å². The van der Waals surface area contributed by atoms with Gasteiger partial charge in [-0.15, -0.1) is 0 Å². The van der Waals surface area contributed by atoms with Crippen LogP contribution < -0.4 is 0 Å². The number of hydrogen-bond donors (Lipinski definition) is 0. The summed E-state index contributed by atoms with van der Waals surface area (Å²) in [5.74, 6) is -0.695. The van der Waals surface area contributed by atoms with Gasteiger partial charge in [0.25, 0.3) is 0 Å². The zero-order valence-corrected chi connectivity index (χ0v) is 11.5. The molecule has 1 heterocycles. The SMILES string of the molecule is COC(=O)c1ccc(Cl)c(-c2cccc(C(F)(F)F)c2)n1. The summed E-state index contributed by atoms with van der Waals surface area (Å²) in [5.41, 5.74) is -0.595. The van der Waals surface area contributed by atoms with E-state index in [4.69, 9.17) is 11.6 Å². The van der Waals surface area contributed by atoms with Crippen molar-refractivity contribution < 1.29 is 22.7 Å². The summed E-state index contributed by atoms with van der Waals surface area (Å²) in [6, 6.07) is 7.28. The number of methoxy groups -OCH3 is 1. The van der Waals surface area contributed by atoms with Crippen molar-refractivity contribution in [2.45, 2.75) is 6.18 Å². The Balaban J connectivity index is 2.54. The van der Waals surface area contributed by atoms with E-state index >= 15 is 0 Å². The van der Waals surface area contributed by atoms with Crippen molar-refractivity contribution in [3.05, 3.63) is 52.7 Å². The summed E-state index contributed by atoms with van der Waals surface area (Å²) in [4.78, 5) is 15.4. The monoisotopic (exact) mass is 315 g/mol. The first-order chi connectivity index (χ1) is 9.82. The zero-order chi connectivity index (χ0) is 15.6. The molecule has 21 heavy (non-hydrogen) atoms. The molecule has 2 aromatic rings. The van der Waals surface area contributed by atoms with E-state index in [2.05, 4.69) is 9.72 Å². The number of benzene rings is 1. The number of pyridine rings is 1. The fraction of sp³-hybridized carbons (Fsp3) is 0.143. The third-order valence-electron chi connectivity index (χ3n) is 2.70. The van der Waals surface area contributed by atoms with Crippen LogP contribution in [0.5, 0.6) is 0 Å². The van der Waals surface area contributed by atoms with E-state index in [0.717, 1.165) is 12.1 Å². The van der Waals surface area contributed by atoms with Crippen LogP contribution in [0.4, 0.5) is 13.2 Å². The molecule has 1 aromatic carbocycles. The second kappa shape index (κ2) is 5.73. The van der Waals surface area contributed by atoms with Crippen molar-refractivity contribution in [3.63, 3.8) is 0 Å². The third-order valence-corrected chi connectivity index (χ3v) is 3.01. The van der Waals surface area contributed by atoms with Crippen LogP contribution in [0.2, 0.25) is 5.02 Å². The molecule has 0 radical (unpaired) electrons. The fourth-order valence-electron chi connectivity index (χ4n) is 1.71. The molecule has 7 heteroatoms. The van der Waals surface area contributed by atoms with Crippen LogP contribution in [0.3, 0.4) is 0 Å². The van der Waals surface area contributed by atoms with Gasteiger partial charge in [0.1, 0.15) is 5.69 Å². The minimum absolute atomic E-state index is 0.0330. The molecule has 0 amide bonds. The quantitative estimate of drug-likeness (QED) is 0.779. The normalized spacial score (nSPS) is 11.3. The maximum atomic E-state index is 12.7. The number of carbonyl (C=O) groups is 1. The van der Waals surface area contributed by atoms with E-state index in [1.165, 1.54) is 31.4 Å². The Morgan fingerprint density at radius 3 is 2.57 bits per heavy atom. The van der Waals surface area contributed by atoms with E-state index in [1.54, 1.807) is 0 Å². The molecule has 0 aliphatic carbocycles. The summed E-state index contributed by atoms with van der Waals surface area (Å²) < 4.78 is 42.7. The maximum absolute atomic E-state index is 12.7. The maximum Gasteiger partial charge on any atom is 0.416 e. The van der Waals surface area contributed by atoms with Gasteiger partial charge < -0.3 is 4.74 Å². The Hall–Kier alpha value is -2.08. The highest BCUT2D eigenvalue weighted by atomic mass is 35.5. The number of hydrogen-bond acceptors (Lipinski definition) is 3. The summed E-state index contributed by atoms with van der Waals surface area (Å²) in [5, 5.41) is 0.141. The van der Waals surface area contributed by atoms with Crippen LogP contribution in [-0.4, -0.2) is 18.1 Å². The van der Waals surface area contributed by atoms with Crippen LogP contribution in [0.25, 0.3) is 11.3 Å². The smallest absolute Gasteiger partial charge is 0.416 e. The van der Waals surface area contributed by atoms with Gasteiger partial charge in [-0.3, -0.25) is 0 Å². The lowest BCUT2D eigenvalue weighted by Gasteiger charge is -2.10. The average Bonchev–Trinajstić information content (AvgIpc) is 2.46. The molecule has 0 unspecified atom stereocenters. The summed E-state index contributed by atoms with van der Waals surface area (Å²) in [6.45, 7) is 0. The minimum atomic E-state index is -4.47. The van der Waals surface area contributed by atoms with Crippen LogP contribution in [-0.2, 0) is 10.9 Å². The number of nitrogens with zero attached hydrogens (tertiary/aromatic N) is 1. The van der Waals surface area contributed by atoms with Gasteiger partial charge in [-0.2, -0.15) is 13.2 Å². The lowest BCUT2D eigenvalue weighted by Crippen LogP contribution is -2.06. The topological polar surface area (TPSA) is 39.2 Å². The van der Waals surface area contributed by atoms with Gasteiger partial charge in [0.15, 0.2) is 0 Å². The molecule has 0 aliphatic heterocycles. The molecule has 0 atom stereocenters. The van der Waals surface area contributed by atoms with Crippen molar-refractivity contribution in [1.82, 2.24) is 4.98 Å². The zero-order valence-electron chi connectivity index (χ0n) is 10.7. The Morgan fingerprint density at radius 2 is 1.95 bits per heavy atom. The average molecular weight is 316 g/mol. The predicted octanol–water partition coefficient (Wildman–Crippen LogP) is 4.21. The molecule has 110 valence electrons. The van der Waals surface area contributed by atoms with Crippen molar-refractivity contribution in [2.24, 2.45) is 0 Å². The van der Waals surface area contributed by atoms with Gasteiger partial charge in [0.05, 0.1) is 23.4 Å². The molecule has 1 aromatic heterocycles. The Kier molecular flexibility index (Phi) is 4.18. The van der Waals surface area contributed by atoms with Crippen LogP contribution in [0.15, 0.2) is 36.4 Å². The number of esters is 1. The van der Waals surface area contributed by atoms with Crippen LogP contribution >= 0.6 is 11.6 Å². The highest BCUT2D eigenvalue weighted by Gasteiger charge is 2.30. The number of halogens is 4. The van der Waals surface area contributed by atoms with E-state index in [-0.39, 0.29) is 22.0 Å². The van der Waals surface area contributed by atoms with Gasteiger partial charge in [-0.25, -0.2) is 9.78 Å². The number of carbonyl (C=O) groups excluding carboxylic acids is 1. The molecule has 0 fully saturated rings. The van der Waals surface area contributed by atoms with Gasteiger partial charge in [-0.05, 0) is 24.3 Å². The molecule has 0 saturated carbocycles. The molecule has 0 spiro atoms. The Morgan fingerprint density at radius 1 is 1.24 bits per heavy atom. The van der Waals surface area contributed by atoms with E-state index in [0.29, 0.717) is 0 Å². The molecule has 0 bridgehead atoms. The lowest BCUT2D eigenvalue weighted by molar-refractivity contribution is -0.137. The summed E-state index contributed by atoms with van der Waals surface area (Å²) >= 11 is 5.95. The van der Waals surface area contributed by atoms with Crippen molar-refractivity contribution in [1.29, 1.82) is 0 Å². The number of rotatable bonds is 2. The number of aromatic nitrogens is 1. The molecule has 3 nitrogen and oxygen atoms in total. The van der Waals surface area contributed by atoms with Crippen LogP contribution in [0.1, 0.15) is 16.1 Å². The lowest BCUT2D eigenvalue weighted by atomic mass is 10.1. The molecular weight excluding hydrogens is 307 g/mol. The second-order valence-corrected chi connectivity index (χ2v) is 4.50. The third kappa shape index (κ3) is 3.33. The number of ether oxygens (including phenoxy) is 1. The summed E-state index contributed by atoms with van der Waals surface area (Å²) in [6.07, 6.45) is -4.47. The van der Waals surface area contributed by atoms with Gasteiger partial charge in [-0.1, -0.05) is 23.7 Å². The first kappa shape index (κ1) is 15.3. The standard InChI is InChI=1S/C14H9ClF3NO2/c1-21-13(20)11-6-5-10(15)12(19-11)8-3-2-4-9(7-8)14(16,17)18/h2-7H,1H3. The van der Waals surface area contributed by atoms with Gasteiger partial charge >= 0.3 is 12.1 Å². The van der Waals surface area contributed by atoms with Crippen molar-refractivity contribution in [2.75, 3.05) is 7.11 Å². The minimum Gasteiger partial charge on any atom is -0.464 e. The van der Waals surface area contributed by atoms with Gasteiger partial charge in [0, 0.05) is 5.56 Å². The van der Waals surface area contributed by atoms with E-state index in [9.17, 15) is 18.0 Å². The Labute approximate surface area is 123 Å². The van der Waals surface area contributed by atoms with Gasteiger partial charge in [0.2, 0.25) is 0 Å². The molecule has 0 N–H and O–H groups in total. The first-order valence-electron chi connectivity index (χ1n) is 5.75. The molecule has 0 saturated heterocycles. The molecule has 0 aliphatic rings. The summed E-state index contributed by atoms with van der Waals surface area (Å²) in [7, 11) is 1.18. The fourth-order valence-corrected chi connectivity index (χ4v) is 1.92. The predicted molar refractivity (Wildman–Crippen MR) is 71.0 cm³/mol. The van der Waals surface area contributed by atoms with Crippen molar-refractivity contribution >= 4 is 17.6 Å². The first-order valence-corrected chi connectivity index (χ1v) is 6.13.